The molecule has 0 fully saturated rings. The molecule has 0 aliphatic heterocycles. The summed E-state index contributed by atoms with van der Waals surface area (Å²) < 4.78 is 384. The van der Waals surface area contributed by atoms with Crippen LogP contribution in [0.15, 0.2) is 85.2 Å². The fourth-order valence-electron chi connectivity index (χ4n) is 10.9. The van der Waals surface area contributed by atoms with Crippen LogP contribution in [0.1, 0.15) is 114 Å². The lowest BCUT2D eigenvalue weighted by Gasteiger charge is -2.22. The Morgan fingerprint density at radius 2 is 0.300 bits per heavy atom. The summed E-state index contributed by atoms with van der Waals surface area (Å²) in [6, 6.07) is 9.85. The van der Waals surface area contributed by atoms with Crippen molar-refractivity contribution in [1.82, 2.24) is 29.9 Å². The maximum absolute atomic E-state index is 16.4. The fraction of sp³-hybridized carbons (Fsp3) is 0.0847. The summed E-state index contributed by atoms with van der Waals surface area (Å²) in [6.07, 6.45) is 2.19. The van der Waals surface area contributed by atoms with Gasteiger partial charge in [-0.3, -0.25) is 0 Å². The molecular formula is C59H25F25N6. The van der Waals surface area contributed by atoms with Crippen molar-refractivity contribution in [2.45, 2.75) is 29.6 Å². The molecular weight excluding hydrogens is 1270 g/mol. The minimum Gasteiger partial charge on any atom is -0.364 e. The lowest BCUT2D eigenvalue weighted by Crippen LogP contribution is -2.17. The van der Waals surface area contributed by atoms with E-state index in [2.05, 4.69) is 29.9 Å². The van der Waals surface area contributed by atoms with Crippen LogP contribution in [-0.2, 0) is 0 Å². The predicted octanol–water partition coefficient (Wildman–Crippen LogP) is 17.0. The molecule has 4 unspecified atom stereocenters. The van der Waals surface area contributed by atoms with E-state index in [1.807, 2.05) is 0 Å². The van der Waals surface area contributed by atoms with Crippen molar-refractivity contribution in [1.29, 1.82) is 0 Å². The van der Waals surface area contributed by atoms with Crippen molar-refractivity contribution in [2.24, 2.45) is 0 Å². The van der Waals surface area contributed by atoms with E-state index in [0.29, 0.717) is 36.4 Å². The molecule has 0 saturated carbocycles. The van der Waals surface area contributed by atoms with E-state index in [1.54, 1.807) is 0 Å². The lowest BCUT2D eigenvalue weighted by molar-refractivity contribution is 0.367. The first-order chi connectivity index (χ1) is 42.6. The second-order valence-corrected chi connectivity index (χ2v) is 19.8. The van der Waals surface area contributed by atoms with Crippen molar-refractivity contribution in [3.8, 4) is 0 Å². The molecule has 0 amide bonds. The molecule has 4 atom stereocenters. The van der Waals surface area contributed by atoms with Gasteiger partial charge >= 0.3 is 0 Å². The van der Waals surface area contributed by atoms with Gasteiger partial charge in [0.2, 0.25) is 29.1 Å². The van der Waals surface area contributed by atoms with Gasteiger partial charge in [0.05, 0.1) is 29.6 Å². The highest BCUT2D eigenvalue weighted by atomic mass is 19.2. The van der Waals surface area contributed by atoms with E-state index in [0.717, 1.165) is 36.7 Å². The predicted molar refractivity (Wildman–Crippen MR) is 261 cm³/mol. The van der Waals surface area contributed by atoms with E-state index in [1.165, 1.54) is 12.1 Å². The minimum absolute atomic E-state index is 0.387. The largest absolute Gasteiger partial charge is 0.364 e. The number of aromatic nitrogens is 6. The fourth-order valence-corrected chi connectivity index (χ4v) is 10.9. The van der Waals surface area contributed by atoms with Gasteiger partial charge in [0.1, 0.15) is 0 Å². The Bertz CT molecular complexity index is 4270. The van der Waals surface area contributed by atoms with Gasteiger partial charge in [-0.15, -0.1) is 0 Å². The van der Waals surface area contributed by atoms with Crippen LogP contribution in [0.4, 0.5) is 110 Å². The zero-order valence-corrected chi connectivity index (χ0v) is 43.4. The number of halogens is 25. The number of hydrogen-bond acceptors (Lipinski definition) is 0. The standard InChI is InChI=1S/C59H25F25N6/c60-35-30(36(61)46(71)55(80)45(35)70)25(15-3-1-13-85-15)17-5-7-19(87-17)27(32-39(64)49(74)57(82)50(75)40(32)65)21-9-11-23(89-21)29(34-43(68)53(78)59(84)54(79)44(34)69)24-12-10-22(90-24)28(33-41(66)51(76)58(83)52(77)42(33)67)20-8-6-18(88-20)26(16-4-2-14-86-16)31-37(62)47(72)56(81)48(73)38(31)63/h1-14,25-29,85-90H. The van der Waals surface area contributed by atoms with Gasteiger partial charge in [-0.05, 0) is 72.8 Å². The van der Waals surface area contributed by atoms with Gasteiger partial charge < -0.3 is 29.9 Å². The molecule has 0 aliphatic carbocycles. The first-order valence-corrected chi connectivity index (χ1v) is 25.2. The van der Waals surface area contributed by atoms with Crippen molar-refractivity contribution in [2.75, 3.05) is 0 Å². The zero-order chi connectivity index (χ0) is 65.1. The molecule has 11 rings (SSSR count). The monoisotopic (exact) mass is 1290 g/mol. The van der Waals surface area contributed by atoms with E-state index >= 15 is 70.2 Å². The quantitative estimate of drug-likeness (QED) is 0.0335. The van der Waals surface area contributed by atoms with Crippen LogP contribution in [0.3, 0.4) is 0 Å². The molecule has 0 saturated heterocycles. The number of hydrogen-bond donors (Lipinski definition) is 6. The Labute approximate surface area is 483 Å². The molecule has 6 nitrogen and oxygen atoms in total. The third-order valence-corrected chi connectivity index (χ3v) is 14.9. The molecule has 90 heavy (non-hydrogen) atoms. The van der Waals surface area contributed by atoms with E-state index < -0.39 is 248 Å². The topological polar surface area (TPSA) is 94.7 Å². The Hall–Kier alpha value is -9.97. The molecule has 31 heteroatoms. The first-order valence-electron chi connectivity index (χ1n) is 25.2. The second-order valence-electron chi connectivity index (χ2n) is 19.8. The molecule has 0 radical (unpaired) electrons. The molecule has 6 aromatic heterocycles. The van der Waals surface area contributed by atoms with Gasteiger partial charge in [-0.25, -0.2) is 110 Å². The number of benzene rings is 5. The van der Waals surface area contributed by atoms with Crippen LogP contribution in [0.2, 0.25) is 0 Å². The zero-order valence-electron chi connectivity index (χ0n) is 43.4. The molecule has 0 aliphatic rings. The Kier molecular flexibility index (Phi) is 15.7. The molecule has 5 aromatic carbocycles. The summed E-state index contributed by atoms with van der Waals surface area (Å²) in [5.41, 5.74) is -16.4. The highest BCUT2D eigenvalue weighted by Gasteiger charge is 2.42. The summed E-state index contributed by atoms with van der Waals surface area (Å²) in [7, 11) is 0. The lowest BCUT2D eigenvalue weighted by atomic mass is 9.91. The average molecular weight is 1290 g/mol. The SMILES string of the molecule is Fc1c(F)c(F)c(C(c2ccc[nH]2)c2ccc(C(c3ccc(C(c4ccc(C(c5ccc(C(c6ccc[nH]6)c6c(F)c(F)c(F)c(F)c6F)[nH]5)c5c(F)c(F)c(F)c(F)c5F)[nH]4)c4c(F)c(F)c(F)c(F)c4F)[nH]3)c3c(F)c(F)c(F)c(F)c3F)[nH]2)c(F)c1F. The smallest absolute Gasteiger partial charge is 0.200 e. The van der Waals surface area contributed by atoms with E-state index in [4.69, 9.17) is 0 Å². The third-order valence-electron chi connectivity index (χ3n) is 14.9. The van der Waals surface area contributed by atoms with Crippen molar-refractivity contribution >= 4 is 0 Å². The average Bonchev–Trinajstić information content (AvgIpc) is 1.60. The summed E-state index contributed by atoms with van der Waals surface area (Å²) in [4.78, 5) is 14.3. The summed E-state index contributed by atoms with van der Waals surface area (Å²) in [6.45, 7) is 0. The van der Waals surface area contributed by atoms with Crippen LogP contribution < -0.4 is 0 Å². The van der Waals surface area contributed by atoms with Crippen LogP contribution in [0.25, 0.3) is 0 Å². The third kappa shape index (κ3) is 9.56. The maximum atomic E-state index is 16.4. The van der Waals surface area contributed by atoms with Crippen molar-refractivity contribution in [3.05, 3.63) is 315 Å². The van der Waals surface area contributed by atoms with Crippen LogP contribution in [-0.4, -0.2) is 29.9 Å². The molecule has 0 spiro atoms. The molecule has 0 bridgehead atoms. The van der Waals surface area contributed by atoms with E-state index in [-0.39, 0.29) is 11.4 Å². The second kappa shape index (κ2) is 22.9. The Morgan fingerprint density at radius 3 is 0.433 bits per heavy atom. The highest BCUT2D eigenvalue weighted by molar-refractivity contribution is 5.51. The molecule has 6 N–H and O–H groups in total. The van der Waals surface area contributed by atoms with E-state index in [9.17, 15) is 39.5 Å². The number of H-pyrrole nitrogens is 6. The number of aromatic amines is 6. The molecule has 6 heterocycles. The van der Waals surface area contributed by atoms with Crippen LogP contribution in [0, 0.1) is 145 Å². The Balaban J connectivity index is 1.12. The van der Waals surface area contributed by atoms with Gasteiger partial charge in [-0.2, -0.15) is 0 Å². The normalized spacial score (nSPS) is 13.6. The highest BCUT2D eigenvalue weighted by Crippen LogP contribution is 2.46. The molecule has 466 valence electrons. The maximum Gasteiger partial charge on any atom is 0.200 e. The number of rotatable bonds is 15. The first kappa shape index (κ1) is 61.7. The van der Waals surface area contributed by atoms with Gasteiger partial charge in [-0.1, -0.05) is 0 Å². The summed E-state index contributed by atoms with van der Waals surface area (Å²) in [5, 5.41) is 0. The number of nitrogens with one attached hydrogen (secondary N) is 6. The van der Waals surface area contributed by atoms with Crippen LogP contribution in [0.5, 0.6) is 0 Å². The van der Waals surface area contributed by atoms with Crippen molar-refractivity contribution < 1.29 is 110 Å². The Morgan fingerprint density at radius 1 is 0.167 bits per heavy atom. The van der Waals surface area contributed by atoms with Crippen molar-refractivity contribution in [3.63, 3.8) is 0 Å². The minimum atomic E-state index is -2.80. The van der Waals surface area contributed by atoms with Gasteiger partial charge in [0.25, 0.3) is 0 Å². The van der Waals surface area contributed by atoms with Crippen LogP contribution >= 0.6 is 0 Å². The summed E-state index contributed by atoms with van der Waals surface area (Å²) >= 11 is 0. The summed E-state index contributed by atoms with van der Waals surface area (Å²) in [5.74, 6) is -77.4. The van der Waals surface area contributed by atoms with Gasteiger partial charge in [0.15, 0.2) is 116 Å². The molecule has 11 aromatic rings. The van der Waals surface area contributed by atoms with Gasteiger partial charge in [0, 0.05) is 97.2 Å².